The zero-order valence-electron chi connectivity index (χ0n) is 14.1. The molecule has 0 saturated carbocycles. The van der Waals surface area contributed by atoms with E-state index >= 15 is 0 Å². The Bertz CT molecular complexity index is 702. The molecule has 0 unspecified atom stereocenters. The number of nitrogens with two attached hydrogens (primary N) is 1. The molecule has 1 aliphatic rings. The van der Waals surface area contributed by atoms with E-state index in [1.807, 2.05) is 18.2 Å². The highest BCUT2D eigenvalue weighted by Gasteiger charge is 2.16. The molecule has 2 heterocycles. The minimum Gasteiger partial charge on any atom is -0.497 e. The summed E-state index contributed by atoms with van der Waals surface area (Å²) in [6.07, 6.45) is 6.30. The Morgan fingerprint density at radius 2 is 2.08 bits per heavy atom. The van der Waals surface area contributed by atoms with Gasteiger partial charge in [0.1, 0.15) is 11.5 Å². The number of aromatic nitrogens is 1. The molecule has 0 radical (unpaired) electrons. The number of hydrogen-bond acceptors (Lipinski definition) is 6. The highest BCUT2D eigenvalue weighted by molar-refractivity contribution is 7.15. The van der Waals surface area contributed by atoms with Gasteiger partial charge in [0.25, 0.3) is 0 Å². The molecule has 0 spiro atoms. The van der Waals surface area contributed by atoms with Gasteiger partial charge in [0.2, 0.25) is 0 Å². The Morgan fingerprint density at radius 1 is 1.25 bits per heavy atom. The van der Waals surface area contributed by atoms with Gasteiger partial charge in [-0.2, -0.15) is 0 Å². The van der Waals surface area contributed by atoms with Crippen molar-refractivity contribution in [3.63, 3.8) is 0 Å². The fourth-order valence-electron chi connectivity index (χ4n) is 2.90. The van der Waals surface area contributed by atoms with E-state index in [0.29, 0.717) is 5.13 Å². The summed E-state index contributed by atoms with van der Waals surface area (Å²) >= 11 is 1.63. The second-order valence-corrected chi connectivity index (χ2v) is 6.85. The number of nitrogen functional groups attached to an aromatic ring is 1. The number of ether oxygens (including phenoxy) is 2. The number of rotatable bonds is 5. The predicted octanol–water partition coefficient (Wildman–Crippen LogP) is 2.86. The predicted molar refractivity (Wildman–Crippen MR) is 99.0 cm³/mol. The Balaban J connectivity index is 1.60. The summed E-state index contributed by atoms with van der Waals surface area (Å²) in [5, 5.41) is 0.694. The molecule has 0 atom stereocenters. The molecular weight excluding hydrogens is 322 g/mol. The van der Waals surface area contributed by atoms with Crippen LogP contribution >= 0.6 is 11.3 Å². The van der Waals surface area contributed by atoms with Crippen LogP contribution < -0.4 is 15.2 Å². The first-order chi connectivity index (χ1) is 11.7. The van der Waals surface area contributed by atoms with E-state index in [0.717, 1.165) is 49.5 Å². The minimum atomic E-state index is 0.694. The molecule has 1 aromatic carbocycles. The number of anilines is 1. The minimum absolute atomic E-state index is 0.694. The number of thiazole rings is 1. The summed E-state index contributed by atoms with van der Waals surface area (Å²) in [6.45, 7) is 2.97. The molecule has 0 saturated heterocycles. The van der Waals surface area contributed by atoms with Crippen molar-refractivity contribution in [3.05, 3.63) is 40.4 Å². The summed E-state index contributed by atoms with van der Waals surface area (Å²) in [7, 11) is 3.34. The van der Waals surface area contributed by atoms with E-state index in [2.05, 4.69) is 22.0 Å². The smallest absolute Gasteiger partial charge is 0.180 e. The molecule has 0 amide bonds. The Kier molecular flexibility index (Phi) is 5.37. The van der Waals surface area contributed by atoms with Crippen molar-refractivity contribution in [3.8, 4) is 11.5 Å². The van der Waals surface area contributed by atoms with E-state index in [-0.39, 0.29) is 0 Å². The molecular formula is C18H23N3O2S. The lowest BCUT2D eigenvalue weighted by Gasteiger charge is -2.17. The molecule has 2 N–H and O–H groups in total. The number of benzene rings is 1. The number of hydrogen-bond donors (Lipinski definition) is 1. The third-order valence-electron chi connectivity index (χ3n) is 4.22. The molecule has 1 aromatic heterocycles. The van der Waals surface area contributed by atoms with Gasteiger partial charge in [0.15, 0.2) is 5.13 Å². The van der Waals surface area contributed by atoms with Crippen LogP contribution in [0.1, 0.15) is 16.1 Å². The zero-order chi connectivity index (χ0) is 16.9. The molecule has 5 nitrogen and oxygen atoms in total. The zero-order valence-corrected chi connectivity index (χ0v) is 14.9. The van der Waals surface area contributed by atoms with Crippen LogP contribution in [0.5, 0.6) is 11.5 Å². The van der Waals surface area contributed by atoms with Crippen molar-refractivity contribution in [2.45, 2.75) is 12.8 Å². The van der Waals surface area contributed by atoms with Gasteiger partial charge in [-0.3, -0.25) is 4.90 Å². The van der Waals surface area contributed by atoms with Gasteiger partial charge in [0, 0.05) is 42.6 Å². The monoisotopic (exact) mass is 345 g/mol. The molecule has 0 fully saturated rings. The molecule has 128 valence electrons. The summed E-state index contributed by atoms with van der Waals surface area (Å²) in [5.41, 5.74) is 8.04. The Hall–Kier alpha value is -2.05. The van der Waals surface area contributed by atoms with Gasteiger partial charge in [-0.25, -0.2) is 4.98 Å². The lowest BCUT2D eigenvalue weighted by molar-refractivity contribution is 0.318. The van der Waals surface area contributed by atoms with Crippen LogP contribution in [0.3, 0.4) is 0 Å². The molecule has 6 heteroatoms. The Labute approximate surface area is 146 Å². The lowest BCUT2D eigenvalue weighted by Crippen LogP contribution is -2.26. The first kappa shape index (κ1) is 16.8. The van der Waals surface area contributed by atoms with Crippen molar-refractivity contribution < 1.29 is 9.47 Å². The molecule has 0 bridgehead atoms. The second-order valence-electron chi connectivity index (χ2n) is 5.73. The fourth-order valence-corrected chi connectivity index (χ4v) is 3.76. The number of fused-ring (bicyclic) bond motifs is 1. The summed E-state index contributed by atoms with van der Waals surface area (Å²) in [5.74, 6) is 1.62. The van der Waals surface area contributed by atoms with Gasteiger partial charge in [-0.15, -0.1) is 11.3 Å². The van der Waals surface area contributed by atoms with E-state index in [9.17, 15) is 0 Å². The van der Waals surface area contributed by atoms with Crippen LogP contribution in [-0.2, 0) is 12.8 Å². The van der Waals surface area contributed by atoms with Crippen molar-refractivity contribution in [2.24, 2.45) is 0 Å². The van der Waals surface area contributed by atoms with Gasteiger partial charge in [-0.1, -0.05) is 12.2 Å². The maximum Gasteiger partial charge on any atom is 0.180 e. The maximum absolute atomic E-state index is 5.80. The molecule has 3 rings (SSSR count). The first-order valence-electron chi connectivity index (χ1n) is 8.04. The third kappa shape index (κ3) is 3.88. The Morgan fingerprint density at radius 3 is 2.88 bits per heavy atom. The quantitative estimate of drug-likeness (QED) is 0.903. The van der Waals surface area contributed by atoms with E-state index in [1.54, 1.807) is 25.6 Å². The number of nitrogens with zero attached hydrogens (tertiary/aromatic N) is 2. The normalized spacial score (nSPS) is 15.2. The summed E-state index contributed by atoms with van der Waals surface area (Å²) < 4.78 is 10.7. The topological polar surface area (TPSA) is 60.6 Å². The first-order valence-corrected chi connectivity index (χ1v) is 8.86. The van der Waals surface area contributed by atoms with Crippen LogP contribution in [0.4, 0.5) is 5.13 Å². The average molecular weight is 345 g/mol. The maximum atomic E-state index is 5.80. The van der Waals surface area contributed by atoms with Gasteiger partial charge in [0.05, 0.1) is 19.9 Å². The third-order valence-corrected chi connectivity index (χ3v) is 5.20. The average Bonchev–Trinajstić information content (AvgIpc) is 2.86. The van der Waals surface area contributed by atoms with Crippen LogP contribution in [0.2, 0.25) is 0 Å². The van der Waals surface area contributed by atoms with Crippen LogP contribution in [0.25, 0.3) is 6.08 Å². The standard InChI is InChI=1S/C18H23N3O2S/c1-22-14-6-5-13(16(12-14)23-2)4-3-9-21-10-7-15-17(8-11-21)24-18(19)20-15/h3-6,12H,7-11H2,1-2H3,(H2,19,20)/b4-3+. The van der Waals surface area contributed by atoms with Crippen molar-refractivity contribution >= 4 is 22.5 Å². The SMILES string of the molecule is COc1ccc(/C=C/CN2CCc3nc(N)sc3CC2)c(OC)c1. The fraction of sp³-hybridized carbons (Fsp3) is 0.389. The van der Waals surface area contributed by atoms with Crippen LogP contribution in [0, 0.1) is 0 Å². The summed E-state index contributed by atoms with van der Waals surface area (Å²) in [6, 6.07) is 5.86. The summed E-state index contributed by atoms with van der Waals surface area (Å²) in [4.78, 5) is 8.22. The van der Waals surface area contributed by atoms with Gasteiger partial charge >= 0.3 is 0 Å². The van der Waals surface area contributed by atoms with Crippen molar-refractivity contribution in [1.82, 2.24) is 9.88 Å². The molecule has 0 aliphatic carbocycles. The van der Waals surface area contributed by atoms with E-state index in [4.69, 9.17) is 15.2 Å². The van der Waals surface area contributed by atoms with E-state index < -0.39 is 0 Å². The van der Waals surface area contributed by atoms with Gasteiger partial charge in [-0.05, 0) is 18.6 Å². The lowest BCUT2D eigenvalue weighted by atomic mass is 10.1. The highest BCUT2D eigenvalue weighted by atomic mass is 32.1. The van der Waals surface area contributed by atoms with E-state index in [1.165, 1.54) is 10.6 Å². The molecule has 1 aliphatic heterocycles. The number of methoxy groups -OCH3 is 2. The van der Waals surface area contributed by atoms with Crippen LogP contribution in [-0.4, -0.2) is 43.7 Å². The van der Waals surface area contributed by atoms with Crippen molar-refractivity contribution in [2.75, 3.05) is 39.6 Å². The second kappa shape index (κ2) is 7.68. The van der Waals surface area contributed by atoms with Crippen molar-refractivity contribution in [1.29, 1.82) is 0 Å². The highest BCUT2D eigenvalue weighted by Crippen LogP contribution is 2.26. The molecule has 24 heavy (non-hydrogen) atoms. The largest absolute Gasteiger partial charge is 0.497 e. The van der Waals surface area contributed by atoms with Gasteiger partial charge < -0.3 is 15.2 Å². The molecule has 2 aromatic rings. The van der Waals surface area contributed by atoms with Crippen LogP contribution in [0.15, 0.2) is 24.3 Å².